The molecule has 0 aromatic carbocycles. The van der Waals surface area contributed by atoms with Crippen LogP contribution < -0.4 is 0 Å². The van der Waals surface area contributed by atoms with Gasteiger partial charge in [0.15, 0.2) is 6.10 Å². The van der Waals surface area contributed by atoms with Crippen LogP contribution in [0.3, 0.4) is 0 Å². The van der Waals surface area contributed by atoms with Gasteiger partial charge in [0, 0.05) is 19.3 Å². The van der Waals surface area contributed by atoms with Crippen LogP contribution >= 0.6 is 0 Å². The Kier molecular flexibility index (Phi) is 46.6. The molecule has 6 heteroatoms. The lowest BCUT2D eigenvalue weighted by Crippen LogP contribution is -2.30. The van der Waals surface area contributed by atoms with Crippen LogP contribution in [0.1, 0.15) is 304 Å². The van der Waals surface area contributed by atoms with Crippen LogP contribution in [-0.2, 0) is 28.6 Å². The first-order chi connectivity index (χ1) is 29.8. The molecule has 0 amide bonds. The molecular weight excluding hydrogens is 757 g/mol. The van der Waals surface area contributed by atoms with Crippen LogP contribution in [-0.4, -0.2) is 37.2 Å². The van der Waals surface area contributed by atoms with E-state index in [1.54, 1.807) is 0 Å². The normalized spacial score (nSPS) is 12.5. The summed E-state index contributed by atoms with van der Waals surface area (Å²) in [5.41, 5.74) is 0. The fourth-order valence-electron chi connectivity index (χ4n) is 8.31. The van der Waals surface area contributed by atoms with Gasteiger partial charge in [-0.25, -0.2) is 0 Å². The zero-order chi connectivity index (χ0) is 44.7. The molecule has 362 valence electrons. The largest absolute Gasteiger partial charge is 0.462 e. The Balaban J connectivity index is 4.27. The lowest BCUT2D eigenvalue weighted by Gasteiger charge is -2.18. The van der Waals surface area contributed by atoms with E-state index in [9.17, 15) is 14.4 Å². The van der Waals surface area contributed by atoms with Gasteiger partial charge in [0.05, 0.1) is 0 Å². The van der Waals surface area contributed by atoms with E-state index in [1.165, 1.54) is 193 Å². The Morgan fingerprint density at radius 2 is 0.623 bits per heavy atom. The van der Waals surface area contributed by atoms with Crippen LogP contribution in [0, 0.1) is 11.8 Å². The maximum atomic E-state index is 12.8. The first-order valence-electron chi connectivity index (χ1n) is 27.3. The van der Waals surface area contributed by atoms with Gasteiger partial charge < -0.3 is 14.2 Å². The Morgan fingerprint density at radius 3 is 0.934 bits per heavy atom. The molecule has 6 nitrogen and oxygen atoms in total. The molecule has 2 atom stereocenters. The van der Waals surface area contributed by atoms with Crippen molar-refractivity contribution in [3.05, 3.63) is 0 Å². The van der Waals surface area contributed by atoms with E-state index < -0.39 is 6.10 Å². The summed E-state index contributed by atoms with van der Waals surface area (Å²) in [5.74, 6) is 0.829. The van der Waals surface area contributed by atoms with E-state index in [1.807, 2.05) is 0 Å². The molecule has 0 spiro atoms. The standard InChI is InChI=1S/C55H106O6/c1-6-8-9-10-11-12-13-14-15-19-22-25-30-35-40-45-53(56)59-48-52(49-60-54(57)46-41-36-32-27-28-33-38-43-50(3)4)61-55(58)47-42-37-31-26-23-20-17-16-18-21-24-29-34-39-44-51(5)7-2/h50-52H,6-49H2,1-5H3/t51?,52-/m1/s1. The molecule has 0 saturated carbocycles. The van der Waals surface area contributed by atoms with E-state index in [2.05, 4.69) is 34.6 Å². The lowest BCUT2D eigenvalue weighted by molar-refractivity contribution is -0.167. The second-order valence-corrected chi connectivity index (χ2v) is 19.6. The number of rotatable bonds is 49. The topological polar surface area (TPSA) is 78.9 Å². The van der Waals surface area contributed by atoms with Crippen LogP contribution in [0.5, 0.6) is 0 Å². The van der Waals surface area contributed by atoms with Crippen LogP contribution in [0.25, 0.3) is 0 Å². The molecule has 0 aromatic heterocycles. The monoisotopic (exact) mass is 863 g/mol. The highest BCUT2D eigenvalue weighted by atomic mass is 16.6. The first-order valence-corrected chi connectivity index (χ1v) is 27.3. The van der Waals surface area contributed by atoms with Crippen molar-refractivity contribution >= 4 is 17.9 Å². The van der Waals surface area contributed by atoms with Crippen molar-refractivity contribution in [3.8, 4) is 0 Å². The summed E-state index contributed by atoms with van der Waals surface area (Å²) < 4.78 is 16.8. The summed E-state index contributed by atoms with van der Waals surface area (Å²) in [6, 6.07) is 0. The molecule has 0 saturated heterocycles. The minimum absolute atomic E-state index is 0.0637. The van der Waals surface area contributed by atoms with Crippen molar-refractivity contribution in [3.63, 3.8) is 0 Å². The van der Waals surface area contributed by atoms with E-state index in [0.717, 1.165) is 69.6 Å². The minimum Gasteiger partial charge on any atom is -0.462 e. The van der Waals surface area contributed by atoms with Gasteiger partial charge in [0.1, 0.15) is 13.2 Å². The molecule has 61 heavy (non-hydrogen) atoms. The van der Waals surface area contributed by atoms with Crippen molar-refractivity contribution in [2.75, 3.05) is 13.2 Å². The van der Waals surface area contributed by atoms with Gasteiger partial charge in [0.25, 0.3) is 0 Å². The Morgan fingerprint density at radius 1 is 0.344 bits per heavy atom. The number of carbonyl (C=O) groups is 3. The van der Waals surface area contributed by atoms with Crippen LogP contribution in [0.15, 0.2) is 0 Å². The van der Waals surface area contributed by atoms with Crippen molar-refractivity contribution in [1.29, 1.82) is 0 Å². The third-order valence-corrected chi connectivity index (χ3v) is 12.8. The molecule has 0 aliphatic heterocycles. The van der Waals surface area contributed by atoms with Gasteiger partial charge in [-0.3, -0.25) is 14.4 Å². The van der Waals surface area contributed by atoms with E-state index in [-0.39, 0.29) is 31.1 Å². The molecular formula is C55H106O6. The summed E-state index contributed by atoms with van der Waals surface area (Å²) in [5, 5.41) is 0. The van der Waals surface area contributed by atoms with Crippen molar-refractivity contribution < 1.29 is 28.6 Å². The number of carbonyl (C=O) groups excluding carboxylic acids is 3. The zero-order valence-corrected chi connectivity index (χ0v) is 41.8. The van der Waals surface area contributed by atoms with Gasteiger partial charge in [0.2, 0.25) is 0 Å². The molecule has 0 rings (SSSR count). The average molecular weight is 863 g/mol. The Hall–Kier alpha value is -1.59. The highest BCUT2D eigenvalue weighted by Crippen LogP contribution is 2.18. The number of hydrogen-bond donors (Lipinski definition) is 0. The third kappa shape index (κ3) is 47.7. The number of unbranched alkanes of at least 4 members (excludes halogenated alkanes) is 33. The van der Waals surface area contributed by atoms with Crippen molar-refractivity contribution in [2.45, 2.75) is 310 Å². The smallest absolute Gasteiger partial charge is 0.306 e. The number of ether oxygens (including phenoxy) is 3. The molecule has 0 N–H and O–H groups in total. The van der Waals surface area contributed by atoms with Crippen molar-refractivity contribution in [2.24, 2.45) is 11.8 Å². The van der Waals surface area contributed by atoms with E-state index in [0.29, 0.717) is 19.3 Å². The van der Waals surface area contributed by atoms with E-state index >= 15 is 0 Å². The fraction of sp³-hybridized carbons (Fsp3) is 0.945. The SMILES string of the molecule is CCCCCCCCCCCCCCCCCC(=O)OC[C@H](COC(=O)CCCCCCCCCC(C)C)OC(=O)CCCCCCCCCCCCCCCCC(C)CC. The average Bonchev–Trinajstić information content (AvgIpc) is 3.24. The van der Waals surface area contributed by atoms with E-state index in [4.69, 9.17) is 14.2 Å². The first kappa shape index (κ1) is 59.4. The Labute approximate surface area is 380 Å². The second kappa shape index (κ2) is 47.9. The third-order valence-electron chi connectivity index (χ3n) is 12.8. The van der Waals surface area contributed by atoms with Crippen molar-refractivity contribution in [1.82, 2.24) is 0 Å². The minimum atomic E-state index is -0.762. The van der Waals surface area contributed by atoms with Crippen LogP contribution in [0.4, 0.5) is 0 Å². The molecule has 0 heterocycles. The summed E-state index contributed by atoms with van der Waals surface area (Å²) in [6.07, 6.45) is 49.5. The summed E-state index contributed by atoms with van der Waals surface area (Å²) >= 11 is 0. The highest BCUT2D eigenvalue weighted by molar-refractivity contribution is 5.71. The fourth-order valence-corrected chi connectivity index (χ4v) is 8.31. The molecule has 1 unspecified atom stereocenters. The molecule has 0 bridgehead atoms. The molecule has 0 aliphatic carbocycles. The van der Waals surface area contributed by atoms with Gasteiger partial charge in [-0.1, -0.05) is 266 Å². The van der Waals surface area contributed by atoms with Gasteiger partial charge in [-0.2, -0.15) is 0 Å². The predicted molar refractivity (Wildman–Crippen MR) is 261 cm³/mol. The molecule has 0 radical (unpaired) electrons. The Bertz CT molecular complexity index is 933. The number of esters is 3. The second-order valence-electron chi connectivity index (χ2n) is 19.6. The van der Waals surface area contributed by atoms with Crippen LogP contribution in [0.2, 0.25) is 0 Å². The maximum absolute atomic E-state index is 12.8. The lowest BCUT2D eigenvalue weighted by atomic mass is 9.99. The van der Waals surface area contributed by atoms with Gasteiger partial charge in [-0.15, -0.1) is 0 Å². The molecule has 0 fully saturated rings. The predicted octanol–water partition coefficient (Wildman–Crippen LogP) is 17.7. The van der Waals surface area contributed by atoms with Gasteiger partial charge >= 0.3 is 17.9 Å². The number of hydrogen-bond acceptors (Lipinski definition) is 6. The summed E-state index contributed by atoms with van der Waals surface area (Å²) in [4.78, 5) is 38.0. The molecule has 0 aliphatic rings. The zero-order valence-electron chi connectivity index (χ0n) is 41.8. The maximum Gasteiger partial charge on any atom is 0.306 e. The highest BCUT2D eigenvalue weighted by Gasteiger charge is 2.19. The summed E-state index contributed by atoms with van der Waals surface area (Å²) in [7, 11) is 0. The van der Waals surface area contributed by atoms with Gasteiger partial charge in [-0.05, 0) is 31.1 Å². The molecule has 0 aromatic rings. The summed E-state index contributed by atoms with van der Waals surface area (Å²) in [6.45, 7) is 11.4. The quantitative estimate of drug-likeness (QED) is 0.0344.